The first kappa shape index (κ1) is 47.3. The Hall–Kier alpha value is -0.340. The zero-order valence-electron chi connectivity index (χ0n) is 38.8. The summed E-state index contributed by atoms with van der Waals surface area (Å²) >= 11 is 0. The Morgan fingerprint density at radius 2 is 1.16 bits per heavy atom. The fourth-order valence-electron chi connectivity index (χ4n) is 13.5. The SMILES string of the molecule is CCCCCCCCCCCCCCCCCCC1C=C2CC(O)(N(CCCC)CCCC)CC[C@]2(C)[C@H]2CC[C@]3(C)[C@@H]([C@H](C)CCCC(C)C)CC[C@H]3[C@H]12. The predicted molar refractivity (Wildman–Crippen MR) is 242 cm³/mol. The monoisotopic (exact) mass is 766 g/mol. The Morgan fingerprint density at radius 1 is 0.618 bits per heavy atom. The molecule has 3 fully saturated rings. The molecule has 2 heteroatoms. The molecule has 0 aliphatic heterocycles. The van der Waals surface area contributed by atoms with Crippen LogP contribution in [0.4, 0.5) is 0 Å². The van der Waals surface area contributed by atoms with Crippen LogP contribution in [0.5, 0.6) is 0 Å². The molecule has 0 aromatic heterocycles. The van der Waals surface area contributed by atoms with Crippen LogP contribution in [0, 0.1) is 52.3 Å². The molecular formula is C53H99NO. The molecule has 1 N–H and O–H groups in total. The van der Waals surface area contributed by atoms with Crippen molar-refractivity contribution >= 4 is 0 Å². The van der Waals surface area contributed by atoms with Crippen LogP contribution in [-0.4, -0.2) is 28.8 Å². The quantitative estimate of drug-likeness (QED) is 0.0466. The zero-order chi connectivity index (χ0) is 39.7. The lowest BCUT2D eigenvalue weighted by Gasteiger charge is -2.62. The summed E-state index contributed by atoms with van der Waals surface area (Å²) in [6.45, 7) is 22.0. The van der Waals surface area contributed by atoms with Gasteiger partial charge in [0.15, 0.2) is 0 Å². The third kappa shape index (κ3) is 13.1. The van der Waals surface area contributed by atoms with Crippen molar-refractivity contribution in [2.24, 2.45) is 52.3 Å². The van der Waals surface area contributed by atoms with E-state index in [1.54, 1.807) is 5.57 Å². The van der Waals surface area contributed by atoms with E-state index >= 15 is 0 Å². The van der Waals surface area contributed by atoms with E-state index in [1.165, 1.54) is 186 Å². The van der Waals surface area contributed by atoms with E-state index in [0.717, 1.165) is 67.4 Å². The summed E-state index contributed by atoms with van der Waals surface area (Å²) in [6.07, 6.45) is 45.4. The highest BCUT2D eigenvalue weighted by atomic mass is 16.3. The van der Waals surface area contributed by atoms with Gasteiger partial charge in [-0.05, 0) is 110 Å². The lowest BCUT2D eigenvalue weighted by atomic mass is 9.44. The Labute approximate surface area is 346 Å². The molecule has 0 heterocycles. The average molecular weight is 766 g/mol. The summed E-state index contributed by atoms with van der Waals surface area (Å²) in [6, 6.07) is 0. The van der Waals surface area contributed by atoms with E-state index in [0.29, 0.717) is 5.41 Å². The van der Waals surface area contributed by atoms with Crippen LogP contribution in [0.2, 0.25) is 0 Å². The van der Waals surface area contributed by atoms with Crippen LogP contribution in [0.1, 0.15) is 254 Å². The maximum atomic E-state index is 12.5. The van der Waals surface area contributed by atoms with Crippen molar-refractivity contribution in [2.45, 2.75) is 260 Å². The van der Waals surface area contributed by atoms with Gasteiger partial charge in [0.25, 0.3) is 0 Å². The van der Waals surface area contributed by atoms with Gasteiger partial charge in [0.2, 0.25) is 0 Å². The molecule has 0 aromatic carbocycles. The average Bonchev–Trinajstić information content (AvgIpc) is 3.52. The minimum atomic E-state index is -0.644. The molecule has 0 saturated heterocycles. The van der Waals surface area contributed by atoms with Crippen molar-refractivity contribution in [1.29, 1.82) is 0 Å². The summed E-state index contributed by atoms with van der Waals surface area (Å²) in [5, 5.41) is 12.5. The Bertz CT molecular complexity index is 1060. The van der Waals surface area contributed by atoms with Gasteiger partial charge in [-0.25, -0.2) is 0 Å². The fraction of sp³-hybridized carbons (Fsp3) is 0.962. The van der Waals surface area contributed by atoms with Crippen LogP contribution in [0.25, 0.3) is 0 Å². The third-order valence-corrected chi connectivity index (χ3v) is 17.1. The number of hydrogen-bond donors (Lipinski definition) is 1. The first-order valence-corrected chi connectivity index (χ1v) is 25.7. The molecule has 2 nitrogen and oxygen atoms in total. The maximum absolute atomic E-state index is 12.5. The molecule has 0 aromatic rings. The second kappa shape index (κ2) is 24.0. The van der Waals surface area contributed by atoms with Crippen molar-refractivity contribution in [3.63, 3.8) is 0 Å². The van der Waals surface area contributed by atoms with E-state index < -0.39 is 5.72 Å². The van der Waals surface area contributed by atoms with Gasteiger partial charge in [-0.3, -0.25) is 4.90 Å². The van der Waals surface area contributed by atoms with Crippen molar-refractivity contribution in [3.05, 3.63) is 11.6 Å². The fourth-order valence-corrected chi connectivity index (χ4v) is 13.5. The normalized spacial score (nSPS) is 32.4. The van der Waals surface area contributed by atoms with Crippen LogP contribution in [0.3, 0.4) is 0 Å². The molecular weight excluding hydrogens is 667 g/mol. The van der Waals surface area contributed by atoms with E-state index in [-0.39, 0.29) is 5.41 Å². The van der Waals surface area contributed by atoms with Gasteiger partial charge in [0, 0.05) is 19.5 Å². The predicted octanol–water partition coefficient (Wildman–Crippen LogP) is 16.5. The van der Waals surface area contributed by atoms with Crippen molar-refractivity contribution in [2.75, 3.05) is 13.1 Å². The Morgan fingerprint density at radius 3 is 1.71 bits per heavy atom. The number of rotatable bonds is 29. The number of aliphatic hydroxyl groups is 1. The topological polar surface area (TPSA) is 23.5 Å². The van der Waals surface area contributed by atoms with Crippen LogP contribution in [-0.2, 0) is 0 Å². The summed E-state index contributed by atoms with van der Waals surface area (Å²) in [7, 11) is 0. The number of nitrogens with zero attached hydrogens (tertiary/aromatic N) is 1. The van der Waals surface area contributed by atoms with Crippen LogP contribution < -0.4 is 0 Å². The summed E-state index contributed by atoms with van der Waals surface area (Å²) in [5.41, 5.74) is 1.85. The molecule has 0 amide bonds. The second-order valence-corrected chi connectivity index (χ2v) is 21.5. The molecule has 2 unspecified atom stereocenters. The highest BCUT2D eigenvalue weighted by Crippen LogP contribution is 2.69. The van der Waals surface area contributed by atoms with Gasteiger partial charge >= 0.3 is 0 Å². The molecule has 55 heavy (non-hydrogen) atoms. The molecule has 9 atom stereocenters. The third-order valence-electron chi connectivity index (χ3n) is 17.1. The lowest BCUT2D eigenvalue weighted by Crippen LogP contribution is -2.58. The van der Waals surface area contributed by atoms with Crippen molar-refractivity contribution < 1.29 is 5.11 Å². The molecule has 0 spiro atoms. The molecule has 4 aliphatic rings. The first-order chi connectivity index (χ1) is 26.5. The maximum Gasteiger partial charge on any atom is 0.122 e. The van der Waals surface area contributed by atoms with E-state index in [1.807, 2.05) is 0 Å². The van der Waals surface area contributed by atoms with Gasteiger partial charge in [0.05, 0.1) is 0 Å². The smallest absolute Gasteiger partial charge is 0.122 e. The van der Waals surface area contributed by atoms with Gasteiger partial charge in [-0.15, -0.1) is 0 Å². The zero-order valence-corrected chi connectivity index (χ0v) is 38.8. The van der Waals surface area contributed by atoms with E-state index in [4.69, 9.17) is 0 Å². The minimum Gasteiger partial charge on any atom is -0.375 e. The molecule has 3 saturated carbocycles. The highest BCUT2D eigenvalue weighted by molar-refractivity contribution is 5.29. The van der Waals surface area contributed by atoms with Gasteiger partial charge in [-0.2, -0.15) is 0 Å². The largest absolute Gasteiger partial charge is 0.375 e. The van der Waals surface area contributed by atoms with E-state index in [9.17, 15) is 5.11 Å². The minimum absolute atomic E-state index is 0.283. The first-order valence-electron chi connectivity index (χ1n) is 25.7. The number of unbranched alkanes of at least 4 members (excludes halogenated alkanes) is 17. The molecule has 0 radical (unpaired) electrons. The second-order valence-electron chi connectivity index (χ2n) is 21.5. The van der Waals surface area contributed by atoms with Gasteiger partial charge in [-0.1, -0.05) is 202 Å². The van der Waals surface area contributed by atoms with Gasteiger partial charge < -0.3 is 5.11 Å². The molecule has 0 bridgehead atoms. The highest BCUT2D eigenvalue weighted by Gasteiger charge is 2.62. The summed E-state index contributed by atoms with van der Waals surface area (Å²) in [5.74, 6) is 5.92. The molecule has 4 rings (SSSR count). The Balaban J connectivity index is 1.38. The van der Waals surface area contributed by atoms with Gasteiger partial charge in [0.1, 0.15) is 5.72 Å². The molecule has 4 aliphatic carbocycles. The van der Waals surface area contributed by atoms with Crippen molar-refractivity contribution in [3.8, 4) is 0 Å². The lowest BCUT2D eigenvalue weighted by molar-refractivity contribution is -0.151. The standard InChI is InChI=1S/C53H99NO/c1-9-12-15-16-17-18-19-20-21-22-23-24-25-26-27-28-32-45-41-46-42-53(55,54(39-13-10-2)40-14-11-3)38-37-51(46,7)49-35-36-52(8)47(33-34-48(52)50(45)49)44(6)31-29-30-43(4)5/h41,43-45,47-50,55H,9-40,42H2,1-8H3/t44-,45?,47-,48+,49+,50+,51+,52-,53?/m1/s1. The van der Waals surface area contributed by atoms with E-state index in [2.05, 4.69) is 66.4 Å². The van der Waals surface area contributed by atoms with Crippen LogP contribution in [0.15, 0.2) is 11.6 Å². The van der Waals surface area contributed by atoms with Crippen molar-refractivity contribution in [1.82, 2.24) is 4.90 Å². The summed E-state index contributed by atoms with van der Waals surface area (Å²) < 4.78 is 0. The number of hydrogen-bond acceptors (Lipinski definition) is 2. The number of fused-ring (bicyclic) bond motifs is 5. The Kier molecular flexibility index (Phi) is 20.7. The van der Waals surface area contributed by atoms with Crippen LogP contribution >= 0.6 is 0 Å². The number of allylic oxidation sites excluding steroid dienone is 1. The molecule has 322 valence electrons. The summed E-state index contributed by atoms with van der Waals surface area (Å²) in [4.78, 5) is 2.54.